The van der Waals surface area contributed by atoms with Gasteiger partial charge >= 0.3 is 11.9 Å². The van der Waals surface area contributed by atoms with Crippen LogP contribution in [0.15, 0.2) is 41.5 Å². The van der Waals surface area contributed by atoms with Crippen LogP contribution in [0.1, 0.15) is 11.1 Å². The van der Waals surface area contributed by atoms with Crippen molar-refractivity contribution in [3.8, 4) is 0 Å². The molecule has 0 unspecified atom stereocenters. The van der Waals surface area contributed by atoms with Gasteiger partial charge in [-0.1, -0.05) is 36.4 Å². The fourth-order valence-electron chi connectivity index (χ4n) is 2.77. The van der Waals surface area contributed by atoms with Gasteiger partial charge in [0.05, 0.1) is 30.8 Å². The molecule has 0 N–H and O–H groups in total. The van der Waals surface area contributed by atoms with Gasteiger partial charge in [0.2, 0.25) is 0 Å². The third-order valence-electron chi connectivity index (χ3n) is 3.65. The Hall–Kier alpha value is -2.36. The maximum atomic E-state index is 11.9. The highest BCUT2D eigenvalue weighted by Crippen LogP contribution is 2.60. The summed E-state index contributed by atoms with van der Waals surface area (Å²) < 4.78 is 9.52. The molecule has 0 amide bonds. The second kappa shape index (κ2) is 3.82. The highest BCUT2D eigenvalue weighted by molar-refractivity contribution is 6.17. The van der Waals surface area contributed by atoms with E-state index in [4.69, 9.17) is 9.47 Å². The minimum atomic E-state index is -0.739. The molecule has 1 aromatic rings. The summed E-state index contributed by atoms with van der Waals surface area (Å²) in [5.41, 5.74) is 1.95. The molecule has 2 aliphatic rings. The second-order valence-electron chi connectivity index (χ2n) is 4.46. The summed E-state index contributed by atoms with van der Waals surface area (Å²) in [6.07, 6.45) is 3.77. The van der Waals surface area contributed by atoms with Gasteiger partial charge in [0.15, 0.2) is 0 Å². The smallest absolute Gasteiger partial charge is 0.335 e. The van der Waals surface area contributed by atoms with E-state index in [1.807, 2.05) is 36.4 Å². The first-order valence-corrected chi connectivity index (χ1v) is 5.87. The lowest BCUT2D eigenvalue weighted by molar-refractivity contribution is -0.137. The topological polar surface area (TPSA) is 52.6 Å². The van der Waals surface area contributed by atoms with Gasteiger partial charge in [-0.15, -0.1) is 0 Å². The van der Waals surface area contributed by atoms with Crippen LogP contribution in [0.2, 0.25) is 0 Å². The predicted octanol–water partition coefficient (Wildman–Crippen LogP) is 1.61. The Bertz CT molecular complexity index is 626. The molecule has 0 fully saturated rings. The lowest BCUT2D eigenvalue weighted by Crippen LogP contribution is -2.15. The van der Waals surface area contributed by atoms with E-state index >= 15 is 0 Å². The van der Waals surface area contributed by atoms with Crippen LogP contribution in [-0.2, 0) is 24.5 Å². The van der Waals surface area contributed by atoms with E-state index in [0.717, 1.165) is 11.1 Å². The molecule has 3 rings (SSSR count). The minimum absolute atomic E-state index is 0.378. The summed E-state index contributed by atoms with van der Waals surface area (Å²) in [5.74, 6) is -0.969. The van der Waals surface area contributed by atoms with Gasteiger partial charge in [0.25, 0.3) is 0 Å². The summed E-state index contributed by atoms with van der Waals surface area (Å²) in [5, 5.41) is 0. The molecule has 19 heavy (non-hydrogen) atoms. The van der Waals surface area contributed by atoms with Crippen LogP contribution in [0.25, 0.3) is 6.08 Å². The maximum Gasteiger partial charge on any atom is 0.335 e. The summed E-state index contributed by atoms with van der Waals surface area (Å²) in [6, 6.07) is 7.66. The molecule has 1 spiro atoms. The second-order valence-corrected chi connectivity index (χ2v) is 4.46. The molecule has 96 valence electrons. The summed E-state index contributed by atoms with van der Waals surface area (Å²) in [4.78, 5) is 23.7. The number of rotatable bonds is 2. The van der Waals surface area contributed by atoms with Crippen molar-refractivity contribution in [1.82, 2.24) is 0 Å². The van der Waals surface area contributed by atoms with Gasteiger partial charge < -0.3 is 9.47 Å². The van der Waals surface area contributed by atoms with E-state index in [1.54, 1.807) is 0 Å². The molecular weight excluding hydrogens is 244 g/mol. The average Bonchev–Trinajstić information content (AvgIpc) is 2.98. The lowest BCUT2D eigenvalue weighted by Gasteiger charge is -2.12. The van der Waals surface area contributed by atoms with E-state index in [0.29, 0.717) is 11.1 Å². The number of benzene rings is 1. The van der Waals surface area contributed by atoms with E-state index in [1.165, 1.54) is 14.2 Å². The highest BCUT2D eigenvalue weighted by Gasteiger charge is 2.62. The Morgan fingerprint density at radius 2 is 1.58 bits per heavy atom. The highest BCUT2D eigenvalue weighted by atomic mass is 16.5. The zero-order chi connectivity index (χ0) is 13.6. The largest absolute Gasteiger partial charge is 0.466 e. The number of hydrogen-bond donors (Lipinski definition) is 0. The minimum Gasteiger partial charge on any atom is -0.466 e. The van der Waals surface area contributed by atoms with Gasteiger partial charge in [-0.3, -0.25) is 0 Å². The number of carbonyl (C=O) groups excluding carboxylic acids is 2. The van der Waals surface area contributed by atoms with E-state index in [2.05, 4.69) is 0 Å². The van der Waals surface area contributed by atoms with Gasteiger partial charge in [-0.2, -0.15) is 0 Å². The van der Waals surface area contributed by atoms with Gasteiger partial charge in [0, 0.05) is 0 Å². The summed E-state index contributed by atoms with van der Waals surface area (Å²) in [6.45, 7) is 0. The number of hydrogen-bond acceptors (Lipinski definition) is 4. The molecule has 1 aromatic carbocycles. The van der Waals surface area contributed by atoms with Crippen LogP contribution in [0, 0.1) is 0 Å². The van der Waals surface area contributed by atoms with Gasteiger partial charge in [0.1, 0.15) is 0 Å². The Morgan fingerprint density at radius 3 is 2.16 bits per heavy atom. The van der Waals surface area contributed by atoms with Crippen molar-refractivity contribution in [1.29, 1.82) is 0 Å². The molecule has 2 aliphatic carbocycles. The van der Waals surface area contributed by atoms with Crippen molar-refractivity contribution in [2.45, 2.75) is 5.41 Å². The van der Waals surface area contributed by atoms with Crippen LogP contribution < -0.4 is 0 Å². The van der Waals surface area contributed by atoms with Crippen LogP contribution >= 0.6 is 0 Å². The summed E-state index contributed by atoms with van der Waals surface area (Å²) >= 11 is 0. The van der Waals surface area contributed by atoms with Crippen molar-refractivity contribution >= 4 is 18.0 Å². The Kier molecular flexibility index (Phi) is 2.35. The molecule has 4 nitrogen and oxygen atoms in total. The van der Waals surface area contributed by atoms with E-state index in [-0.39, 0.29) is 0 Å². The number of carbonyl (C=O) groups is 2. The van der Waals surface area contributed by atoms with Gasteiger partial charge in [-0.25, -0.2) is 9.59 Å². The third kappa shape index (κ3) is 1.34. The van der Waals surface area contributed by atoms with Crippen LogP contribution in [0.5, 0.6) is 0 Å². The first-order chi connectivity index (χ1) is 9.16. The van der Waals surface area contributed by atoms with Crippen molar-refractivity contribution in [2.24, 2.45) is 0 Å². The summed E-state index contributed by atoms with van der Waals surface area (Å²) in [7, 11) is 2.61. The van der Waals surface area contributed by atoms with Crippen molar-refractivity contribution in [3.63, 3.8) is 0 Å². The molecule has 0 atom stereocenters. The number of allylic oxidation sites excluding steroid dienone is 1. The number of methoxy groups -OCH3 is 2. The number of ether oxygens (including phenoxy) is 2. The van der Waals surface area contributed by atoms with Crippen molar-refractivity contribution < 1.29 is 19.1 Å². The average molecular weight is 256 g/mol. The molecular formula is C15H12O4. The first-order valence-electron chi connectivity index (χ1n) is 5.87. The van der Waals surface area contributed by atoms with Crippen LogP contribution in [0.4, 0.5) is 0 Å². The Labute approximate surface area is 110 Å². The van der Waals surface area contributed by atoms with Gasteiger partial charge in [-0.05, 0) is 11.1 Å². The zero-order valence-electron chi connectivity index (χ0n) is 10.6. The molecule has 0 radical (unpaired) electrons. The molecule has 0 aromatic heterocycles. The molecule has 0 saturated heterocycles. The quantitative estimate of drug-likeness (QED) is 0.754. The molecule has 0 heterocycles. The molecule has 0 aliphatic heterocycles. The fraction of sp³-hybridized carbons (Fsp3) is 0.200. The lowest BCUT2D eigenvalue weighted by atomic mass is 9.90. The van der Waals surface area contributed by atoms with Crippen LogP contribution in [-0.4, -0.2) is 26.2 Å². The van der Waals surface area contributed by atoms with Crippen LogP contribution in [0.3, 0.4) is 0 Å². The normalized spacial score (nSPS) is 17.4. The van der Waals surface area contributed by atoms with E-state index < -0.39 is 17.4 Å². The van der Waals surface area contributed by atoms with E-state index in [9.17, 15) is 9.59 Å². The Balaban J connectivity index is 2.12. The zero-order valence-corrected chi connectivity index (χ0v) is 10.6. The number of fused-ring (bicyclic) bond motifs is 2. The molecule has 0 saturated carbocycles. The molecule has 0 bridgehead atoms. The monoisotopic (exact) mass is 256 g/mol. The fourth-order valence-corrected chi connectivity index (χ4v) is 2.77. The van der Waals surface area contributed by atoms with Crippen molar-refractivity contribution in [3.05, 3.63) is 52.6 Å². The maximum absolute atomic E-state index is 11.9. The SMILES string of the molecule is COC(=O)C1=C(C(=O)OC)C12C=Cc1ccccc12. The Morgan fingerprint density at radius 1 is 1.00 bits per heavy atom. The first kappa shape index (κ1) is 11.7. The standard InChI is InChI=1S/C15H12O4/c1-18-13(16)11-12(14(17)19-2)15(11)8-7-9-5-3-4-6-10(9)15/h3-8H,1-2H3. The molecule has 4 heteroatoms. The predicted molar refractivity (Wildman–Crippen MR) is 68.2 cm³/mol. The van der Waals surface area contributed by atoms with Crippen molar-refractivity contribution in [2.75, 3.05) is 14.2 Å². The number of esters is 2. The third-order valence-corrected chi connectivity index (χ3v) is 3.65.